The number of imidazole rings is 1. The second-order valence-electron chi connectivity index (χ2n) is 4.22. The standard InChI is InChI=1S/C14H15ClN2O2/c1-17-8-7-16-14(17)6-5-12(18)11-4-3-10(15)9-13(11)19-2/h3-4,7-9H,5-6H2,1-2H3. The number of carbonyl (C=O) groups is 1. The van der Waals surface area contributed by atoms with Crippen LogP contribution in [0.25, 0.3) is 0 Å². The van der Waals surface area contributed by atoms with Crippen LogP contribution in [0.4, 0.5) is 0 Å². The molecule has 100 valence electrons. The van der Waals surface area contributed by atoms with Crippen LogP contribution in [0.3, 0.4) is 0 Å². The van der Waals surface area contributed by atoms with Gasteiger partial charge in [-0.25, -0.2) is 4.98 Å². The van der Waals surface area contributed by atoms with E-state index in [2.05, 4.69) is 4.98 Å². The molecule has 0 aliphatic carbocycles. The van der Waals surface area contributed by atoms with Crippen molar-refractivity contribution in [2.24, 2.45) is 7.05 Å². The molecule has 0 fully saturated rings. The van der Waals surface area contributed by atoms with Gasteiger partial charge in [-0.15, -0.1) is 0 Å². The Morgan fingerprint density at radius 1 is 1.47 bits per heavy atom. The summed E-state index contributed by atoms with van der Waals surface area (Å²) in [7, 11) is 3.44. The molecular formula is C14H15ClN2O2. The van der Waals surface area contributed by atoms with Crippen molar-refractivity contribution >= 4 is 17.4 Å². The smallest absolute Gasteiger partial charge is 0.167 e. The Labute approximate surface area is 117 Å². The molecule has 0 amide bonds. The number of hydrogen-bond acceptors (Lipinski definition) is 3. The van der Waals surface area contributed by atoms with Crippen molar-refractivity contribution in [3.05, 3.63) is 47.0 Å². The molecule has 1 aromatic carbocycles. The third kappa shape index (κ3) is 3.15. The van der Waals surface area contributed by atoms with Gasteiger partial charge < -0.3 is 9.30 Å². The van der Waals surface area contributed by atoms with E-state index in [1.807, 2.05) is 17.8 Å². The minimum Gasteiger partial charge on any atom is -0.496 e. The Morgan fingerprint density at radius 3 is 2.89 bits per heavy atom. The molecule has 0 aliphatic heterocycles. The van der Waals surface area contributed by atoms with E-state index in [0.29, 0.717) is 29.2 Å². The first-order valence-corrected chi connectivity index (χ1v) is 6.32. The maximum atomic E-state index is 12.2. The Morgan fingerprint density at radius 2 is 2.26 bits per heavy atom. The predicted molar refractivity (Wildman–Crippen MR) is 73.9 cm³/mol. The Kier molecular flexibility index (Phi) is 4.22. The van der Waals surface area contributed by atoms with Gasteiger partial charge in [-0.3, -0.25) is 4.79 Å². The third-order valence-corrected chi connectivity index (χ3v) is 3.20. The number of hydrogen-bond donors (Lipinski definition) is 0. The van der Waals surface area contributed by atoms with Crippen molar-refractivity contribution in [2.75, 3.05) is 7.11 Å². The summed E-state index contributed by atoms with van der Waals surface area (Å²) in [6.07, 6.45) is 4.59. The number of nitrogens with zero attached hydrogens (tertiary/aromatic N) is 2. The van der Waals surface area contributed by atoms with Crippen molar-refractivity contribution in [3.8, 4) is 5.75 Å². The van der Waals surface area contributed by atoms with Gasteiger partial charge in [0.05, 0.1) is 12.7 Å². The second kappa shape index (κ2) is 5.89. The SMILES string of the molecule is COc1cc(Cl)ccc1C(=O)CCc1nccn1C. The highest BCUT2D eigenvalue weighted by molar-refractivity contribution is 6.30. The lowest BCUT2D eigenvalue weighted by molar-refractivity contribution is 0.0979. The van der Waals surface area contributed by atoms with Crippen LogP contribution in [-0.4, -0.2) is 22.4 Å². The van der Waals surface area contributed by atoms with Gasteiger partial charge in [-0.1, -0.05) is 11.6 Å². The van der Waals surface area contributed by atoms with Crippen molar-refractivity contribution in [1.82, 2.24) is 9.55 Å². The molecule has 0 saturated carbocycles. The van der Waals surface area contributed by atoms with Gasteiger partial charge in [-0.2, -0.15) is 0 Å². The average molecular weight is 279 g/mol. The summed E-state index contributed by atoms with van der Waals surface area (Å²) in [5.74, 6) is 1.43. The fourth-order valence-corrected chi connectivity index (χ4v) is 2.05. The molecule has 0 unspecified atom stereocenters. The van der Waals surface area contributed by atoms with E-state index in [9.17, 15) is 4.79 Å². The van der Waals surface area contributed by atoms with E-state index in [1.54, 1.807) is 24.4 Å². The van der Waals surface area contributed by atoms with Crippen LogP contribution in [-0.2, 0) is 13.5 Å². The summed E-state index contributed by atoms with van der Waals surface area (Å²) in [5, 5.41) is 0.553. The van der Waals surface area contributed by atoms with Gasteiger partial charge >= 0.3 is 0 Å². The van der Waals surface area contributed by atoms with Crippen molar-refractivity contribution in [2.45, 2.75) is 12.8 Å². The monoisotopic (exact) mass is 278 g/mol. The largest absolute Gasteiger partial charge is 0.496 e. The zero-order valence-corrected chi connectivity index (χ0v) is 11.6. The molecule has 1 heterocycles. The summed E-state index contributed by atoms with van der Waals surface area (Å²) in [6.45, 7) is 0. The van der Waals surface area contributed by atoms with Crippen LogP contribution in [0.2, 0.25) is 5.02 Å². The molecule has 0 N–H and O–H groups in total. The molecular weight excluding hydrogens is 264 g/mol. The number of rotatable bonds is 5. The molecule has 1 aromatic heterocycles. The number of benzene rings is 1. The molecule has 2 aromatic rings. The third-order valence-electron chi connectivity index (χ3n) is 2.96. The van der Waals surface area contributed by atoms with Crippen LogP contribution >= 0.6 is 11.6 Å². The molecule has 0 bridgehead atoms. The summed E-state index contributed by atoms with van der Waals surface area (Å²) >= 11 is 5.87. The van der Waals surface area contributed by atoms with Crippen LogP contribution in [0.5, 0.6) is 5.75 Å². The molecule has 0 spiro atoms. The Bertz CT molecular complexity index is 593. The lowest BCUT2D eigenvalue weighted by Crippen LogP contribution is -2.06. The predicted octanol–water partition coefficient (Wildman–Crippen LogP) is 2.90. The van der Waals surface area contributed by atoms with Crippen molar-refractivity contribution in [3.63, 3.8) is 0 Å². The molecule has 0 saturated heterocycles. The average Bonchev–Trinajstić information content (AvgIpc) is 2.81. The van der Waals surface area contributed by atoms with Crippen LogP contribution in [0.15, 0.2) is 30.6 Å². The normalized spacial score (nSPS) is 10.5. The molecule has 2 rings (SSSR count). The number of aromatic nitrogens is 2. The first-order chi connectivity index (χ1) is 9.11. The van der Waals surface area contributed by atoms with Crippen LogP contribution in [0.1, 0.15) is 22.6 Å². The van der Waals surface area contributed by atoms with Gasteiger partial charge in [0.1, 0.15) is 11.6 Å². The zero-order chi connectivity index (χ0) is 13.8. The molecule has 4 nitrogen and oxygen atoms in total. The van der Waals surface area contributed by atoms with E-state index in [1.165, 1.54) is 7.11 Å². The number of halogens is 1. The first kappa shape index (κ1) is 13.6. The van der Waals surface area contributed by atoms with Crippen LogP contribution in [0, 0.1) is 0 Å². The highest BCUT2D eigenvalue weighted by Crippen LogP contribution is 2.24. The molecule has 19 heavy (non-hydrogen) atoms. The topological polar surface area (TPSA) is 44.1 Å². The summed E-state index contributed by atoms with van der Waals surface area (Å²) < 4.78 is 7.09. The highest BCUT2D eigenvalue weighted by Gasteiger charge is 2.13. The van der Waals surface area contributed by atoms with Gasteiger partial charge in [0.25, 0.3) is 0 Å². The fourth-order valence-electron chi connectivity index (χ4n) is 1.89. The molecule has 0 aliphatic rings. The van der Waals surface area contributed by atoms with Gasteiger partial charge in [-0.05, 0) is 18.2 Å². The number of ether oxygens (including phenoxy) is 1. The van der Waals surface area contributed by atoms with E-state index in [0.717, 1.165) is 5.82 Å². The second-order valence-corrected chi connectivity index (χ2v) is 4.66. The Balaban J connectivity index is 2.10. The van der Waals surface area contributed by atoms with Gasteiger partial charge in [0.2, 0.25) is 0 Å². The lowest BCUT2D eigenvalue weighted by Gasteiger charge is -2.08. The van der Waals surface area contributed by atoms with E-state index in [4.69, 9.17) is 16.3 Å². The summed E-state index contributed by atoms with van der Waals surface area (Å²) in [6, 6.07) is 5.04. The number of ketones is 1. The summed E-state index contributed by atoms with van der Waals surface area (Å²) in [4.78, 5) is 16.4. The number of aryl methyl sites for hydroxylation is 2. The number of carbonyl (C=O) groups excluding carboxylic acids is 1. The maximum Gasteiger partial charge on any atom is 0.167 e. The zero-order valence-electron chi connectivity index (χ0n) is 10.9. The van der Waals surface area contributed by atoms with Gasteiger partial charge in [0, 0.05) is 37.3 Å². The minimum atomic E-state index is 0.0246. The highest BCUT2D eigenvalue weighted by atomic mass is 35.5. The molecule has 0 atom stereocenters. The number of Topliss-reactive ketones (excluding diaryl/α,β-unsaturated/α-hetero) is 1. The fraction of sp³-hybridized carbons (Fsp3) is 0.286. The summed E-state index contributed by atoms with van der Waals surface area (Å²) in [5.41, 5.74) is 0.557. The lowest BCUT2D eigenvalue weighted by atomic mass is 10.1. The quantitative estimate of drug-likeness (QED) is 0.790. The maximum absolute atomic E-state index is 12.2. The molecule has 5 heteroatoms. The Hall–Kier alpha value is -1.81. The van der Waals surface area contributed by atoms with Crippen molar-refractivity contribution < 1.29 is 9.53 Å². The number of methoxy groups -OCH3 is 1. The first-order valence-electron chi connectivity index (χ1n) is 5.94. The van der Waals surface area contributed by atoms with Crippen molar-refractivity contribution in [1.29, 1.82) is 0 Å². The van der Waals surface area contributed by atoms with E-state index < -0.39 is 0 Å². The minimum absolute atomic E-state index is 0.0246. The van der Waals surface area contributed by atoms with E-state index >= 15 is 0 Å². The van der Waals surface area contributed by atoms with Gasteiger partial charge in [0.15, 0.2) is 5.78 Å². The molecule has 0 radical (unpaired) electrons. The van der Waals surface area contributed by atoms with E-state index in [-0.39, 0.29) is 5.78 Å². The van der Waals surface area contributed by atoms with Crippen LogP contribution < -0.4 is 4.74 Å².